The molecule has 104 valence electrons. The fourth-order valence-corrected chi connectivity index (χ4v) is 2.18. The number of nitrogens with two attached hydrogens (primary N) is 1. The van der Waals surface area contributed by atoms with Crippen molar-refractivity contribution in [2.75, 3.05) is 20.0 Å². The number of carbonyl (C=O) groups is 1. The van der Waals surface area contributed by atoms with Crippen LogP contribution in [0.15, 0.2) is 40.9 Å². The summed E-state index contributed by atoms with van der Waals surface area (Å²) in [5.74, 6) is 0.934. The second-order valence-corrected chi connectivity index (χ2v) is 5.08. The number of ether oxygens (including phenoxy) is 2. The lowest BCUT2D eigenvalue weighted by Crippen LogP contribution is -2.06. The third kappa shape index (κ3) is 2.93. The maximum Gasteiger partial charge on any atom is 0.195 e. The van der Waals surface area contributed by atoms with E-state index in [-0.39, 0.29) is 5.78 Å². The maximum atomic E-state index is 12.5. The number of nitrogen functional groups attached to an aromatic ring is 1. The Bertz CT molecular complexity index is 633. The molecule has 0 aliphatic heterocycles. The number of halogens is 1. The van der Waals surface area contributed by atoms with E-state index in [4.69, 9.17) is 15.2 Å². The summed E-state index contributed by atoms with van der Waals surface area (Å²) >= 11 is 3.34. The molecule has 0 unspecified atom stereocenters. The van der Waals surface area contributed by atoms with Gasteiger partial charge in [0, 0.05) is 27.4 Å². The quantitative estimate of drug-likeness (QED) is 0.688. The SMILES string of the molecule is COc1cc(OC)cc(C(=O)c2cc(Br)ccc2N)c1. The topological polar surface area (TPSA) is 61.5 Å². The standard InChI is InChI=1S/C15H14BrNO3/c1-19-11-5-9(6-12(8-11)20-2)15(18)13-7-10(16)3-4-14(13)17/h3-8H,17H2,1-2H3. The van der Waals surface area contributed by atoms with Crippen molar-refractivity contribution in [3.63, 3.8) is 0 Å². The molecule has 2 rings (SSSR count). The first-order chi connectivity index (χ1) is 9.55. The van der Waals surface area contributed by atoms with Crippen LogP contribution in [0.4, 0.5) is 5.69 Å². The number of anilines is 1. The summed E-state index contributed by atoms with van der Waals surface area (Å²) in [4.78, 5) is 12.5. The van der Waals surface area contributed by atoms with Gasteiger partial charge in [0.1, 0.15) is 11.5 Å². The fourth-order valence-electron chi connectivity index (χ4n) is 1.82. The van der Waals surface area contributed by atoms with E-state index in [1.165, 1.54) is 14.2 Å². The molecule has 20 heavy (non-hydrogen) atoms. The summed E-state index contributed by atoms with van der Waals surface area (Å²) in [5.41, 5.74) is 7.20. The molecule has 2 aromatic rings. The number of methoxy groups -OCH3 is 2. The van der Waals surface area contributed by atoms with Crippen LogP contribution < -0.4 is 15.2 Å². The molecule has 0 fully saturated rings. The van der Waals surface area contributed by atoms with Gasteiger partial charge in [-0.15, -0.1) is 0 Å². The van der Waals surface area contributed by atoms with Gasteiger partial charge in [0.15, 0.2) is 5.78 Å². The summed E-state index contributed by atoms with van der Waals surface area (Å²) in [6.45, 7) is 0. The normalized spacial score (nSPS) is 10.2. The van der Waals surface area contributed by atoms with Crippen LogP contribution >= 0.6 is 15.9 Å². The van der Waals surface area contributed by atoms with Gasteiger partial charge < -0.3 is 15.2 Å². The van der Waals surface area contributed by atoms with E-state index in [1.807, 2.05) is 0 Å². The smallest absolute Gasteiger partial charge is 0.195 e. The van der Waals surface area contributed by atoms with Gasteiger partial charge in [-0.1, -0.05) is 15.9 Å². The van der Waals surface area contributed by atoms with E-state index in [1.54, 1.807) is 36.4 Å². The summed E-state index contributed by atoms with van der Waals surface area (Å²) in [5, 5.41) is 0. The van der Waals surface area contributed by atoms with Crippen LogP contribution in [0, 0.1) is 0 Å². The molecule has 0 saturated heterocycles. The Morgan fingerprint density at radius 3 is 2.20 bits per heavy atom. The van der Waals surface area contributed by atoms with Gasteiger partial charge >= 0.3 is 0 Å². The molecule has 0 aliphatic carbocycles. The van der Waals surface area contributed by atoms with Crippen LogP contribution in [0.1, 0.15) is 15.9 Å². The fraction of sp³-hybridized carbons (Fsp3) is 0.133. The Morgan fingerprint density at radius 2 is 1.65 bits per heavy atom. The number of benzene rings is 2. The first-order valence-electron chi connectivity index (χ1n) is 5.88. The molecule has 0 aliphatic rings. The molecular formula is C15H14BrNO3. The number of rotatable bonds is 4. The van der Waals surface area contributed by atoms with Crippen molar-refractivity contribution in [3.8, 4) is 11.5 Å². The highest BCUT2D eigenvalue weighted by atomic mass is 79.9. The van der Waals surface area contributed by atoms with Gasteiger partial charge in [-0.25, -0.2) is 0 Å². The van der Waals surface area contributed by atoms with Crippen LogP contribution in [0.25, 0.3) is 0 Å². The maximum absolute atomic E-state index is 12.5. The zero-order chi connectivity index (χ0) is 14.7. The summed E-state index contributed by atoms with van der Waals surface area (Å²) < 4.78 is 11.1. The highest BCUT2D eigenvalue weighted by Gasteiger charge is 2.15. The number of carbonyl (C=O) groups excluding carboxylic acids is 1. The summed E-state index contributed by atoms with van der Waals surface area (Å²) in [6.07, 6.45) is 0. The number of ketones is 1. The lowest BCUT2D eigenvalue weighted by Gasteiger charge is -2.09. The van der Waals surface area contributed by atoms with Crippen molar-refractivity contribution >= 4 is 27.4 Å². The summed E-state index contributed by atoms with van der Waals surface area (Å²) in [7, 11) is 3.08. The molecule has 0 aromatic heterocycles. The van der Waals surface area contributed by atoms with Crippen molar-refractivity contribution in [2.45, 2.75) is 0 Å². The summed E-state index contributed by atoms with van der Waals surface area (Å²) in [6, 6.07) is 10.2. The molecule has 4 nitrogen and oxygen atoms in total. The second kappa shape index (κ2) is 5.96. The molecule has 0 amide bonds. The minimum absolute atomic E-state index is 0.180. The van der Waals surface area contributed by atoms with Crippen molar-refractivity contribution in [3.05, 3.63) is 52.0 Å². The average Bonchev–Trinajstić information content (AvgIpc) is 2.48. The van der Waals surface area contributed by atoms with E-state index in [9.17, 15) is 4.79 Å². The molecule has 5 heteroatoms. The molecule has 0 saturated carbocycles. The molecule has 0 heterocycles. The Labute approximate surface area is 125 Å². The van der Waals surface area contributed by atoms with Crippen molar-refractivity contribution in [1.29, 1.82) is 0 Å². The molecule has 0 radical (unpaired) electrons. The Kier molecular flexibility index (Phi) is 4.29. The van der Waals surface area contributed by atoms with E-state index >= 15 is 0 Å². The molecule has 0 atom stereocenters. The van der Waals surface area contributed by atoms with E-state index in [2.05, 4.69) is 15.9 Å². The molecular weight excluding hydrogens is 322 g/mol. The average molecular weight is 336 g/mol. The van der Waals surface area contributed by atoms with Gasteiger partial charge in [0.2, 0.25) is 0 Å². The monoisotopic (exact) mass is 335 g/mol. The van der Waals surface area contributed by atoms with Crippen LogP contribution in [0.2, 0.25) is 0 Å². The lowest BCUT2D eigenvalue weighted by molar-refractivity contribution is 0.103. The van der Waals surface area contributed by atoms with Gasteiger partial charge in [-0.05, 0) is 30.3 Å². The highest BCUT2D eigenvalue weighted by molar-refractivity contribution is 9.10. The van der Waals surface area contributed by atoms with Crippen molar-refractivity contribution in [1.82, 2.24) is 0 Å². The number of hydrogen-bond acceptors (Lipinski definition) is 4. The van der Waals surface area contributed by atoms with Crippen molar-refractivity contribution in [2.24, 2.45) is 0 Å². The van der Waals surface area contributed by atoms with Crippen LogP contribution in [-0.4, -0.2) is 20.0 Å². The third-order valence-electron chi connectivity index (χ3n) is 2.87. The van der Waals surface area contributed by atoms with Gasteiger partial charge in [-0.3, -0.25) is 4.79 Å². The lowest BCUT2D eigenvalue weighted by atomic mass is 10.0. The molecule has 0 spiro atoms. The minimum atomic E-state index is -0.180. The largest absolute Gasteiger partial charge is 0.497 e. The Morgan fingerprint density at radius 1 is 1.05 bits per heavy atom. The highest BCUT2D eigenvalue weighted by Crippen LogP contribution is 2.27. The Hall–Kier alpha value is -2.01. The van der Waals surface area contributed by atoms with E-state index in [0.29, 0.717) is 28.3 Å². The zero-order valence-corrected chi connectivity index (χ0v) is 12.7. The predicted molar refractivity (Wildman–Crippen MR) is 81.5 cm³/mol. The molecule has 0 bridgehead atoms. The van der Waals surface area contributed by atoms with Crippen LogP contribution in [0.3, 0.4) is 0 Å². The number of hydrogen-bond donors (Lipinski definition) is 1. The Balaban J connectivity index is 2.50. The van der Waals surface area contributed by atoms with Crippen molar-refractivity contribution < 1.29 is 14.3 Å². The van der Waals surface area contributed by atoms with E-state index in [0.717, 1.165) is 4.47 Å². The van der Waals surface area contributed by atoms with E-state index < -0.39 is 0 Å². The van der Waals surface area contributed by atoms with Gasteiger partial charge in [0.05, 0.1) is 14.2 Å². The first-order valence-corrected chi connectivity index (χ1v) is 6.67. The molecule has 2 aromatic carbocycles. The molecule has 2 N–H and O–H groups in total. The predicted octanol–water partition coefficient (Wildman–Crippen LogP) is 3.28. The third-order valence-corrected chi connectivity index (χ3v) is 3.37. The first kappa shape index (κ1) is 14.4. The van der Waals surface area contributed by atoms with Crippen LogP contribution in [0.5, 0.6) is 11.5 Å². The van der Waals surface area contributed by atoms with Gasteiger partial charge in [-0.2, -0.15) is 0 Å². The zero-order valence-electron chi connectivity index (χ0n) is 11.1. The second-order valence-electron chi connectivity index (χ2n) is 4.16. The van der Waals surface area contributed by atoms with Gasteiger partial charge in [0.25, 0.3) is 0 Å². The van der Waals surface area contributed by atoms with Crippen LogP contribution in [-0.2, 0) is 0 Å². The minimum Gasteiger partial charge on any atom is -0.497 e.